The van der Waals surface area contributed by atoms with Gasteiger partial charge < -0.3 is 15.8 Å². The van der Waals surface area contributed by atoms with Crippen LogP contribution >= 0.6 is 0 Å². The summed E-state index contributed by atoms with van der Waals surface area (Å²) in [5.74, 6) is 0.415. The molecule has 0 spiro atoms. The molecular weight excluding hydrogens is 240 g/mol. The zero-order valence-electron chi connectivity index (χ0n) is 11.4. The Bertz CT molecular complexity index is 411. The molecule has 19 heavy (non-hydrogen) atoms. The summed E-state index contributed by atoms with van der Waals surface area (Å²) in [4.78, 5) is 12.0. The number of benzene rings is 1. The molecule has 0 aliphatic carbocycles. The number of carbonyl (C=O) groups is 1. The predicted octanol–water partition coefficient (Wildman–Crippen LogP) is 1.54. The van der Waals surface area contributed by atoms with Crippen molar-refractivity contribution in [2.24, 2.45) is 11.7 Å². The second-order valence-corrected chi connectivity index (χ2v) is 5.19. The molecular formula is C15H22N2O2. The highest BCUT2D eigenvalue weighted by Gasteiger charge is 2.18. The normalized spacial score (nSPS) is 18.0. The fraction of sp³-hybridized carbons (Fsp3) is 0.533. The minimum Gasteiger partial charge on any atom is -0.381 e. The second kappa shape index (κ2) is 6.68. The standard InChI is InChI=1S/C15H22N2O2/c1-11-2-4-13(5-3-11)14(16)15(18)17-10-12-6-8-19-9-7-12/h2-5,12,14H,6-10,16H2,1H3,(H,17,18). The molecule has 1 unspecified atom stereocenters. The molecule has 4 heteroatoms. The van der Waals surface area contributed by atoms with E-state index >= 15 is 0 Å². The van der Waals surface area contributed by atoms with Crippen molar-refractivity contribution < 1.29 is 9.53 Å². The molecule has 1 saturated heterocycles. The van der Waals surface area contributed by atoms with E-state index in [2.05, 4.69) is 5.32 Å². The van der Waals surface area contributed by atoms with Crippen LogP contribution in [0.4, 0.5) is 0 Å². The SMILES string of the molecule is Cc1ccc(C(N)C(=O)NCC2CCOCC2)cc1. The van der Waals surface area contributed by atoms with Gasteiger partial charge in [-0.3, -0.25) is 4.79 Å². The molecule has 0 radical (unpaired) electrons. The first kappa shape index (κ1) is 14.0. The number of nitrogens with one attached hydrogen (secondary N) is 1. The Morgan fingerprint density at radius 1 is 1.37 bits per heavy atom. The molecule has 1 fully saturated rings. The van der Waals surface area contributed by atoms with Crippen LogP contribution in [0.1, 0.15) is 30.0 Å². The molecule has 104 valence electrons. The van der Waals surface area contributed by atoms with Gasteiger partial charge in [0.05, 0.1) is 0 Å². The number of rotatable bonds is 4. The van der Waals surface area contributed by atoms with Crippen LogP contribution in [0, 0.1) is 12.8 Å². The molecule has 0 saturated carbocycles. The first-order valence-electron chi connectivity index (χ1n) is 6.84. The zero-order valence-corrected chi connectivity index (χ0v) is 11.4. The summed E-state index contributed by atoms with van der Waals surface area (Å²) in [6.45, 7) is 4.30. The van der Waals surface area contributed by atoms with E-state index in [1.165, 1.54) is 5.56 Å². The third-order valence-electron chi connectivity index (χ3n) is 3.62. The lowest BCUT2D eigenvalue weighted by molar-refractivity contribution is -0.122. The second-order valence-electron chi connectivity index (χ2n) is 5.19. The quantitative estimate of drug-likeness (QED) is 0.865. The van der Waals surface area contributed by atoms with Crippen LogP contribution in [-0.4, -0.2) is 25.7 Å². The van der Waals surface area contributed by atoms with Crippen LogP contribution in [0.15, 0.2) is 24.3 Å². The number of hydrogen-bond acceptors (Lipinski definition) is 3. The van der Waals surface area contributed by atoms with E-state index in [-0.39, 0.29) is 5.91 Å². The van der Waals surface area contributed by atoms with Gasteiger partial charge in [0.1, 0.15) is 6.04 Å². The predicted molar refractivity (Wildman–Crippen MR) is 74.7 cm³/mol. The molecule has 0 bridgehead atoms. The van der Waals surface area contributed by atoms with Crippen LogP contribution in [0.2, 0.25) is 0 Å². The van der Waals surface area contributed by atoms with Gasteiger partial charge in [0.25, 0.3) is 0 Å². The van der Waals surface area contributed by atoms with Crippen molar-refractivity contribution in [3.8, 4) is 0 Å². The van der Waals surface area contributed by atoms with Crippen LogP contribution in [0.25, 0.3) is 0 Å². The summed E-state index contributed by atoms with van der Waals surface area (Å²) >= 11 is 0. The monoisotopic (exact) mass is 262 g/mol. The number of carbonyl (C=O) groups excluding carboxylic acids is 1. The number of hydrogen-bond donors (Lipinski definition) is 2. The molecule has 2 rings (SSSR count). The Kier molecular flexibility index (Phi) is 4.93. The highest BCUT2D eigenvalue weighted by molar-refractivity contribution is 5.82. The van der Waals surface area contributed by atoms with Crippen LogP contribution in [0.3, 0.4) is 0 Å². The van der Waals surface area contributed by atoms with E-state index in [1.54, 1.807) is 0 Å². The summed E-state index contributed by atoms with van der Waals surface area (Å²) in [6, 6.07) is 7.18. The summed E-state index contributed by atoms with van der Waals surface area (Å²) in [7, 11) is 0. The van der Waals surface area contributed by atoms with E-state index in [4.69, 9.17) is 10.5 Å². The lowest BCUT2D eigenvalue weighted by Crippen LogP contribution is -2.38. The van der Waals surface area contributed by atoms with E-state index in [0.29, 0.717) is 12.5 Å². The molecule has 1 atom stereocenters. The molecule has 1 aliphatic rings. The molecule has 1 aromatic carbocycles. The van der Waals surface area contributed by atoms with E-state index in [1.807, 2.05) is 31.2 Å². The summed E-state index contributed by atoms with van der Waals surface area (Å²) in [6.07, 6.45) is 2.03. The number of ether oxygens (including phenoxy) is 1. The molecule has 4 nitrogen and oxygen atoms in total. The van der Waals surface area contributed by atoms with Crippen molar-refractivity contribution in [3.63, 3.8) is 0 Å². The Balaban J connectivity index is 1.83. The maximum absolute atomic E-state index is 12.0. The fourth-order valence-electron chi connectivity index (χ4n) is 2.23. The number of aryl methyl sites for hydroxylation is 1. The maximum atomic E-state index is 12.0. The summed E-state index contributed by atoms with van der Waals surface area (Å²) < 4.78 is 5.30. The highest BCUT2D eigenvalue weighted by Crippen LogP contribution is 2.15. The largest absolute Gasteiger partial charge is 0.381 e. The third kappa shape index (κ3) is 4.04. The number of amides is 1. The molecule has 1 aromatic rings. The van der Waals surface area contributed by atoms with Crippen molar-refractivity contribution in [3.05, 3.63) is 35.4 Å². The minimum atomic E-state index is -0.583. The minimum absolute atomic E-state index is 0.102. The van der Waals surface area contributed by atoms with Gasteiger partial charge in [0, 0.05) is 19.8 Å². The summed E-state index contributed by atoms with van der Waals surface area (Å²) in [5, 5.41) is 2.95. The highest BCUT2D eigenvalue weighted by atomic mass is 16.5. The van der Waals surface area contributed by atoms with E-state index in [9.17, 15) is 4.79 Å². The Morgan fingerprint density at radius 2 is 2.00 bits per heavy atom. The van der Waals surface area contributed by atoms with Crippen molar-refractivity contribution in [2.75, 3.05) is 19.8 Å². The first-order valence-corrected chi connectivity index (χ1v) is 6.84. The molecule has 1 amide bonds. The Labute approximate surface area is 114 Å². The Morgan fingerprint density at radius 3 is 2.63 bits per heavy atom. The van der Waals surface area contributed by atoms with Gasteiger partial charge in [-0.2, -0.15) is 0 Å². The average molecular weight is 262 g/mol. The first-order chi connectivity index (χ1) is 9.16. The smallest absolute Gasteiger partial charge is 0.241 e. The van der Waals surface area contributed by atoms with Crippen LogP contribution in [0.5, 0.6) is 0 Å². The topological polar surface area (TPSA) is 64.4 Å². The van der Waals surface area contributed by atoms with Gasteiger partial charge >= 0.3 is 0 Å². The van der Waals surface area contributed by atoms with Gasteiger partial charge in [0.15, 0.2) is 0 Å². The van der Waals surface area contributed by atoms with E-state index in [0.717, 1.165) is 31.6 Å². The Hall–Kier alpha value is -1.39. The molecule has 1 aliphatic heterocycles. The van der Waals surface area contributed by atoms with Gasteiger partial charge in [-0.1, -0.05) is 29.8 Å². The number of nitrogens with two attached hydrogens (primary N) is 1. The van der Waals surface area contributed by atoms with Crippen molar-refractivity contribution in [1.82, 2.24) is 5.32 Å². The van der Waals surface area contributed by atoms with Gasteiger partial charge in [-0.15, -0.1) is 0 Å². The van der Waals surface area contributed by atoms with Crippen molar-refractivity contribution in [1.29, 1.82) is 0 Å². The van der Waals surface area contributed by atoms with E-state index < -0.39 is 6.04 Å². The van der Waals surface area contributed by atoms with Crippen molar-refractivity contribution in [2.45, 2.75) is 25.8 Å². The molecule has 1 heterocycles. The van der Waals surface area contributed by atoms with Crippen LogP contribution < -0.4 is 11.1 Å². The van der Waals surface area contributed by atoms with Gasteiger partial charge in [-0.05, 0) is 31.2 Å². The van der Waals surface area contributed by atoms with Crippen LogP contribution in [-0.2, 0) is 9.53 Å². The zero-order chi connectivity index (χ0) is 13.7. The average Bonchev–Trinajstić information content (AvgIpc) is 2.46. The summed E-state index contributed by atoms with van der Waals surface area (Å²) in [5.41, 5.74) is 7.99. The lowest BCUT2D eigenvalue weighted by atomic mass is 10.00. The molecule has 3 N–H and O–H groups in total. The third-order valence-corrected chi connectivity index (χ3v) is 3.62. The van der Waals surface area contributed by atoms with Gasteiger partial charge in [0.2, 0.25) is 5.91 Å². The maximum Gasteiger partial charge on any atom is 0.241 e. The lowest BCUT2D eigenvalue weighted by Gasteiger charge is -2.23. The molecule has 0 aromatic heterocycles. The van der Waals surface area contributed by atoms with Gasteiger partial charge in [-0.25, -0.2) is 0 Å². The fourth-order valence-corrected chi connectivity index (χ4v) is 2.23. The van der Waals surface area contributed by atoms with Crippen molar-refractivity contribution >= 4 is 5.91 Å².